The van der Waals surface area contributed by atoms with Crippen molar-refractivity contribution in [3.63, 3.8) is 0 Å². The molecule has 108 valence electrons. The minimum absolute atomic E-state index is 0.00694. The number of carbonyl (C=O) groups is 1. The lowest BCUT2D eigenvalue weighted by Gasteiger charge is -2.06. The number of pyridine rings is 1. The lowest BCUT2D eigenvalue weighted by atomic mass is 10.0. The highest BCUT2D eigenvalue weighted by atomic mass is 35.5. The molecule has 0 radical (unpaired) electrons. The Labute approximate surface area is 122 Å². The van der Waals surface area contributed by atoms with Crippen molar-refractivity contribution in [3.05, 3.63) is 22.8 Å². The van der Waals surface area contributed by atoms with E-state index in [4.69, 9.17) is 27.8 Å². The molecule has 0 bridgehead atoms. The molecule has 0 aliphatic heterocycles. The van der Waals surface area contributed by atoms with Crippen LogP contribution in [0.3, 0.4) is 0 Å². The number of carbonyl (C=O) groups excluding carboxylic acids is 1. The molecule has 2 atom stereocenters. The number of hydrogen-bond donors (Lipinski definition) is 2. The molecule has 1 amide bonds. The van der Waals surface area contributed by atoms with Gasteiger partial charge in [-0.25, -0.2) is 4.98 Å². The number of methoxy groups -OCH3 is 1. The Morgan fingerprint density at radius 1 is 1.45 bits per heavy atom. The van der Waals surface area contributed by atoms with Crippen LogP contribution in [0.1, 0.15) is 25.3 Å². The summed E-state index contributed by atoms with van der Waals surface area (Å²) in [4.78, 5) is 19.7. The Kier molecular flexibility index (Phi) is 3.60. The first-order valence-corrected chi connectivity index (χ1v) is 6.50. The molecule has 4 N–H and O–H groups in total. The fourth-order valence-electron chi connectivity index (χ4n) is 2.69. The number of hydrogen-bond acceptors (Lipinski definition) is 3. The zero-order chi connectivity index (χ0) is 15.1. The number of nitrogens with two attached hydrogens (primary N) is 2. The molecule has 1 fully saturated rings. The van der Waals surface area contributed by atoms with Crippen LogP contribution in [-0.2, 0) is 4.79 Å². The molecule has 1 heterocycles. The van der Waals surface area contributed by atoms with Gasteiger partial charge < -0.3 is 16.2 Å². The van der Waals surface area contributed by atoms with Crippen molar-refractivity contribution in [2.45, 2.75) is 19.8 Å². The summed E-state index contributed by atoms with van der Waals surface area (Å²) in [6.07, 6.45) is 0. The largest absolute Gasteiger partial charge is 0.481 e. The number of nitrogens with zero attached hydrogens (tertiary/aromatic N) is 2. The van der Waals surface area contributed by atoms with E-state index in [1.165, 1.54) is 7.11 Å². The second-order valence-electron chi connectivity index (χ2n) is 5.42. The molecule has 0 spiro atoms. The van der Waals surface area contributed by atoms with Gasteiger partial charge in [0.15, 0.2) is 5.96 Å². The van der Waals surface area contributed by atoms with Crippen molar-refractivity contribution in [1.82, 2.24) is 4.98 Å². The Morgan fingerprint density at radius 2 is 2.10 bits per heavy atom. The lowest BCUT2D eigenvalue weighted by Crippen LogP contribution is -2.25. The number of halogens is 1. The van der Waals surface area contributed by atoms with Crippen LogP contribution in [0.4, 0.5) is 0 Å². The lowest BCUT2D eigenvalue weighted by molar-refractivity contribution is -0.119. The maximum atomic E-state index is 12.0. The summed E-state index contributed by atoms with van der Waals surface area (Å²) in [5, 5.41) is 0.329. The normalized spacial score (nSPS) is 23.0. The molecule has 0 aromatic carbocycles. The van der Waals surface area contributed by atoms with Gasteiger partial charge >= 0.3 is 0 Å². The van der Waals surface area contributed by atoms with Crippen LogP contribution in [0.5, 0.6) is 5.88 Å². The topological polar surface area (TPSA) is 104 Å². The molecule has 0 unspecified atom stereocenters. The average Bonchev–Trinajstić information content (AvgIpc) is 2.90. The van der Waals surface area contributed by atoms with Gasteiger partial charge in [0.05, 0.1) is 13.0 Å². The molecule has 7 heteroatoms. The van der Waals surface area contributed by atoms with Crippen LogP contribution in [0.25, 0.3) is 0 Å². The van der Waals surface area contributed by atoms with Crippen LogP contribution >= 0.6 is 11.6 Å². The van der Waals surface area contributed by atoms with E-state index < -0.39 is 0 Å². The highest BCUT2D eigenvalue weighted by Gasteiger charge is 2.62. The molecular formula is C13H17ClN4O2. The van der Waals surface area contributed by atoms with Crippen molar-refractivity contribution >= 4 is 23.5 Å². The van der Waals surface area contributed by atoms with Gasteiger partial charge in [-0.1, -0.05) is 25.4 Å². The van der Waals surface area contributed by atoms with Gasteiger partial charge in [-0.15, -0.1) is 0 Å². The van der Waals surface area contributed by atoms with Gasteiger partial charge in [0.2, 0.25) is 5.88 Å². The summed E-state index contributed by atoms with van der Waals surface area (Å²) in [6, 6.07) is 3.51. The summed E-state index contributed by atoms with van der Waals surface area (Å²) in [6.45, 7) is 3.98. The standard InChI is InChI=1S/C13H17ClN4O2/c1-13(2)9(10(13)11(19)18-12(15)16)6-4-7(14)17-8(5-6)20-3/h4-5,9-10H,1-3H3,(H4,15,16,18,19)/t9-,10+/m1/s1. The number of aliphatic imine (C=N–C) groups is 1. The number of rotatable bonds is 3. The minimum atomic E-state index is -0.313. The monoisotopic (exact) mass is 296 g/mol. The van der Waals surface area contributed by atoms with Gasteiger partial charge in [0.1, 0.15) is 5.15 Å². The smallest absolute Gasteiger partial charge is 0.253 e. The maximum Gasteiger partial charge on any atom is 0.253 e. The van der Waals surface area contributed by atoms with Crippen molar-refractivity contribution in [1.29, 1.82) is 0 Å². The van der Waals surface area contributed by atoms with Gasteiger partial charge in [-0.05, 0) is 17.0 Å². The molecular weight excluding hydrogens is 280 g/mol. The van der Waals surface area contributed by atoms with E-state index in [9.17, 15) is 4.79 Å². The summed E-state index contributed by atoms with van der Waals surface area (Å²) >= 11 is 5.96. The van der Waals surface area contributed by atoms with Crippen molar-refractivity contribution in [2.24, 2.45) is 27.8 Å². The molecule has 2 rings (SSSR count). The fraction of sp³-hybridized carbons (Fsp3) is 0.462. The van der Waals surface area contributed by atoms with Crippen LogP contribution in [-0.4, -0.2) is 24.0 Å². The van der Waals surface area contributed by atoms with Crippen molar-refractivity contribution in [3.8, 4) is 5.88 Å². The van der Waals surface area contributed by atoms with Crippen molar-refractivity contribution in [2.75, 3.05) is 7.11 Å². The third-order valence-electron chi connectivity index (χ3n) is 3.69. The molecule has 1 aromatic heterocycles. The van der Waals surface area contributed by atoms with Gasteiger partial charge in [-0.3, -0.25) is 4.79 Å². The number of amides is 1. The Balaban J connectivity index is 2.32. The zero-order valence-electron chi connectivity index (χ0n) is 11.6. The first kappa shape index (κ1) is 14.6. The van der Waals surface area contributed by atoms with E-state index in [1.54, 1.807) is 12.1 Å². The van der Waals surface area contributed by atoms with Crippen LogP contribution in [0, 0.1) is 11.3 Å². The van der Waals surface area contributed by atoms with Crippen LogP contribution < -0.4 is 16.2 Å². The third-order valence-corrected chi connectivity index (χ3v) is 3.89. The Bertz CT molecular complexity index is 582. The summed E-state index contributed by atoms with van der Waals surface area (Å²) in [5.41, 5.74) is 11.2. The number of ether oxygens (including phenoxy) is 1. The summed E-state index contributed by atoms with van der Waals surface area (Å²) in [7, 11) is 1.52. The quantitative estimate of drug-likeness (QED) is 0.497. The molecule has 0 saturated heterocycles. The Hall–Kier alpha value is -1.82. The predicted molar refractivity (Wildman–Crippen MR) is 76.6 cm³/mol. The molecule has 1 aliphatic carbocycles. The highest BCUT2D eigenvalue weighted by Crippen LogP contribution is 2.65. The second-order valence-corrected chi connectivity index (χ2v) is 5.80. The van der Waals surface area contributed by atoms with Crippen LogP contribution in [0.2, 0.25) is 5.15 Å². The summed E-state index contributed by atoms with van der Waals surface area (Å²) < 4.78 is 5.09. The van der Waals surface area contributed by atoms with E-state index in [0.717, 1.165) is 5.56 Å². The average molecular weight is 297 g/mol. The highest BCUT2D eigenvalue weighted by molar-refractivity contribution is 6.29. The van der Waals surface area contributed by atoms with E-state index >= 15 is 0 Å². The van der Waals surface area contributed by atoms with Gasteiger partial charge in [-0.2, -0.15) is 4.99 Å². The van der Waals surface area contributed by atoms with E-state index in [-0.39, 0.29) is 29.1 Å². The molecule has 20 heavy (non-hydrogen) atoms. The number of aromatic nitrogens is 1. The Morgan fingerprint density at radius 3 is 2.65 bits per heavy atom. The van der Waals surface area contributed by atoms with E-state index in [2.05, 4.69) is 9.98 Å². The SMILES string of the molecule is COc1cc([C@@H]2[C@@H](C(=O)N=C(N)N)C2(C)C)cc(Cl)n1. The molecule has 6 nitrogen and oxygen atoms in total. The maximum absolute atomic E-state index is 12.0. The van der Waals surface area contributed by atoms with E-state index in [1.807, 2.05) is 13.8 Å². The first-order valence-electron chi connectivity index (χ1n) is 6.12. The van der Waals surface area contributed by atoms with Gasteiger partial charge in [0, 0.05) is 12.0 Å². The van der Waals surface area contributed by atoms with Crippen molar-refractivity contribution < 1.29 is 9.53 Å². The summed E-state index contributed by atoms with van der Waals surface area (Å²) in [5.74, 6) is -0.391. The van der Waals surface area contributed by atoms with E-state index in [0.29, 0.717) is 11.0 Å². The second kappa shape index (κ2) is 4.94. The van der Waals surface area contributed by atoms with Gasteiger partial charge in [0.25, 0.3) is 5.91 Å². The third kappa shape index (κ3) is 2.56. The van der Waals surface area contributed by atoms with Crippen LogP contribution in [0.15, 0.2) is 17.1 Å². The molecule has 1 aromatic rings. The molecule has 1 aliphatic rings. The molecule has 1 saturated carbocycles. The number of guanidine groups is 1. The zero-order valence-corrected chi connectivity index (χ0v) is 12.3. The minimum Gasteiger partial charge on any atom is -0.481 e. The fourth-order valence-corrected chi connectivity index (χ4v) is 2.90. The first-order chi connectivity index (χ1) is 9.27. The predicted octanol–water partition coefficient (Wildman–Crippen LogP) is 1.28.